The van der Waals surface area contributed by atoms with Gasteiger partial charge in [0.1, 0.15) is 0 Å². The second-order valence-electron chi connectivity index (χ2n) is 5.62. The van der Waals surface area contributed by atoms with Gasteiger partial charge in [-0.15, -0.1) is 5.10 Å². The van der Waals surface area contributed by atoms with Crippen LogP contribution < -0.4 is 4.74 Å². The van der Waals surface area contributed by atoms with Crippen LogP contribution >= 0.6 is 11.6 Å². The van der Waals surface area contributed by atoms with Gasteiger partial charge in [0, 0.05) is 16.7 Å². The number of aromatic nitrogens is 2. The van der Waals surface area contributed by atoms with Gasteiger partial charge in [-0.2, -0.15) is 13.2 Å². The molecule has 1 heterocycles. The van der Waals surface area contributed by atoms with Crippen molar-refractivity contribution in [1.82, 2.24) is 9.78 Å². The molecule has 2 aromatic carbocycles. The normalized spacial score (nSPS) is 11.3. The van der Waals surface area contributed by atoms with Gasteiger partial charge < -0.3 is 9.47 Å². The largest absolute Gasteiger partial charge is 0.515 e. The van der Waals surface area contributed by atoms with E-state index in [-0.39, 0.29) is 18.1 Å². The number of carbonyl (C=O) groups is 1. The van der Waals surface area contributed by atoms with Crippen LogP contribution in [0.3, 0.4) is 0 Å². The highest BCUT2D eigenvalue weighted by molar-refractivity contribution is 6.30. The molecule has 0 saturated heterocycles. The molecule has 0 fully saturated rings. The molecule has 0 atom stereocenters. The highest BCUT2D eigenvalue weighted by Crippen LogP contribution is 2.34. The maximum atomic E-state index is 13.1. The van der Waals surface area contributed by atoms with Gasteiger partial charge in [0.15, 0.2) is 0 Å². The summed E-state index contributed by atoms with van der Waals surface area (Å²) in [7, 11) is 0. The number of alkyl halides is 3. The molecule has 0 aliphatic carbocycles. The van der Waals surface area contributed by atoms with E-state index in [1.807, 2.05) is 0 Å². The van der Waals surface area contributed by atoms with Gasteiger partial charge in [0.05, 0.1) is 23.6 Å². The Kier molecular flexibility index (Phi) is 5.60. The third-order valence-electron chi connectivity index (χ3n) is 3.69. The van der Waals surface area contributed by atoms with Gasteiger partial charge in [0.2, 0.25) is 5.88 Å². The summed E-state index contributed by atoms with van der Waals surface area (Å²) in [5.74, 6) is -0.110. The number of nitrogens with zero attached hydrogens (tertiary/aromatic N) is 2. The number of ether oxygens (including phenoxy) is 2. The predicted octanol–water partition coefficient (Wildman–Crippen LogP) is 5.75. The van der Waals surface area contributed by atoms with Gasteiger partial charge in [-0.1, -0.05) is 23.7 Å². The highest BCUT2D eigenvalue weighted by Gasteiger charge is 2.31. The van der Waals surface area contributed by atoms with E-state index in [9.17, 15) is 18.0 Å². The minimum absolute atomic E-state index is 0.108. The van der Waals surface area contributed by atoms with E-state index in [0.29, 0.717) is 16.4 Å². The van der Waals surface area contributed by atoms with Crippen molar-refractivity contribution in [1.29, 1.82) is 0 Å². The van der Waals surface area contributed by atoms with Crippen molar-refractivity contribution < 1.29 is 27.4 Å². The fourth-order valence-electron chi connectivity index (χ4n) is 2.48. The van der Waals surface area contributed by atoms with Crippen LogP contribution in [0.15, 0.2) is 54.6 Å². The van der Waals surface area contributed by atoms with E-state index < -0.39 is 17.9 Å². The quantitative estimate of drug-likeness (QED) is 0.514. The third-order valence-corrected chi connectivity index (χ3v) is 3.95. The molecule has 3 aromatic rings. The monoisotopic (exact) mass is 410 g/mol. The van der Waals surface area contributed by atoms with Crippen LogP contribution in [-0.4, -0.2) is 22.5 Å². The predicted molar refractivity (Wildman–Crippen MR) is 96.7 cm³/mol. The molecule has 3 rings (SSSR count). The molecule has 0 radical (unpaired) electrons. The molecule has 0 unspecified atom stereocenters. The number of carbonyl (C=O) groups excluding carboxylic acids is 1. The van der Waals surface area contributed by atoms with E-state index in [0.717, 1.165) is 12.1 Å². The van der Waals surface area contributed by atoms with Crippen LogP contribution in [0.5, 0.6) is 5.88 Å². The fourth-order valence-corrected chi connectivity index (χ4v) is 2.61. The van der Waals surface area contributed by atoms with Crippen LogP contribution in [0.25, 0.3) is 16.9 Å². The van der Waals surface area contributed by atoms with Crippen molar-refractivity contribution in [3.05, 3.63) is 65.2 Å². The first-order chi connectivity index (χ1) is 13.3. The lowest BCUT2D eigenvalue weighted by Crippen LogP contribution is -2.10. The van der Waals surface area contributed by atoms with Crippen molar-refractivity contribution in [3.63, 3.8) is 0 Å². The van der Waals surface area contributed by atoms with Gasteiger partial charge in [-0.3, -0.25) is 0 Å². The first kappa shape index (κ1) is 19.8. The Morgan fingerprint density at radius 1 is 1.14 bits per heavy atom. The maximum Gasteiger partial charge on any atom is 0.515 e. The molecule has 0 spiro atoms. The molecule has 5 nitrogen and oxygen atoms in total. The summed E-state index contributed by atoms with van der Waals surface area (Å²) >= 11 is 5.90. The van der Waals surface area contributed by atoms with Gasteiger partial charge >= 0.3 is 12.3 Å². The summed E-state index contributed by atoms with van der Waals surface area (Å²) in [5, 5.41) is 4.66. The summed E-state index contributed by atoms with van der Waals surface area (Å²) in [5.41, 5.74) is 0.265. The van der Waals surface area contributed by atoms with E-state index in [2.05, 4.69) is 5.10 Å². The van der Waals surface area contributed by atoms with Gasteiger partial charge in [0.25, 0.3) is 0 Å². The second kappa shape index (κ2) is 7.93. The highest BCUT2D eigenvalue weighted by atomic mass is 35.5. The molecule has 0 saturated carbocycles. The topological polar surface area (TPSA) is 53.4 Å². The van der Waals surface area contributed by atoms with E-state index in [1.54, 1.807) is 31.2 Å². The van der Waals surface area contributed by atoms with E-state index in [4.69, 9.17) is 21.1 Å². The van der Waals surface area contributed by atoms with Crippen LogP contribution in [0.2, 0.25) is 5.02 Å². The zero-order chi connectivity index (χ0) is 20.3. The number of benzene rings is 2. The first-order valence-electron chi connectivity index (χ1n) is 8.16. The summed E-state index contributed by atoms with van der Waals surface area (Å²) in [6, 6.07) is 12.6. The molecule has 0 N–H and O–H groups in total. The lowest BCUT2D eigenvalue weighted by Gasteiger charge is -2.10. The lowest BCUT2D eigenvalue weighted by atomic mass is 10.1. The summed E-state index contributed by atoms with van der Waals surface area (Å²) in [6.45, 7) is 1.72. The van der Waals surface area contributed by atoms with E-state index in [1.165, 1.54) is 22.9 Å². The Morgan fingerprint density at radius 3 is 2.50 bits per heavy atom. The van der Waals surface area contributed by atoms with Gasteiger partial charge in [-0.25, -0.2) is 9.48 Å². The molecule has 28 heavy (non-hydrogen) atoms. The molecule has 0 bridgehead atoms. The van der Waals surface area contributed by atoms with E-state index >= 15 is 0 Å². The molecular weight excluding hydrogens is 397 g/mol. The first-order valence-corrected chi connectivity index (χ1v) is 8.54. The van der Waals surface area contributed by atoms with Crippen molar-refractivity contribution in [3.8, 4) is 22.8 Å². The average molecular weight is 411 g/mol. The molecule has 0 aliphatic rings. The number of hydrogen-bond donors (Lipinski definition) is 0. The molecule has 0 aliphatic heterocycles. The molecular formula is C19H14ClF3N2O3. The average Bonchev–Trinajstić information content (AvgIpc) is 3.05. The lowest BCUT2D eigenvalue weighted by molar-refractivity contribution is -0.137. The zero-order valence-electron chi connectivity index (χ0n) is 14.5. The van der Waals surface area contributed by atoms with Crippen LogP contribution in [-0.2, 0) is 10.9 Å². The minimum Gasteiger partial charge on any atom is -0.434 e. The SMILES string of the molecule is CCOC(=O)Oc1cc(-c2cccc(C(F)(F)F)c2)n(-c2ccc(Cl)cc2)n1. The minimum atomic E-state index is -4.49. The summed E-state index contributed by atoms with van der Waals surface area (Å²) in [6.07, 6.45) is -5.45. The second-order valence-corrected chi connectivity index (χ2v) is 6.06. The van der Waals surface area contributed by atoms with Crippen LogP contribution in [0.1, 0.15) is 12.5 Å². The van der Waals surface area contributed by atoms with Crippen LogP contribution in [0.4, 0.5) is 18.0 Å². The summed E-state index contributed by atoms with van der Waals surface area (Å²) < 4.78 is 50.3. The number of halogens is 4. The van der Waals surface area contributed by atoms with Gasteiger partial charge in [-0.05, 0) is 43.3 Å². The maximum absolute atomic E-state index is 13.1. The Morgan fingerprint density at radius 2 is 1.86 bits per heavy atom. The molecule has 1 aromatic heterocycles. The Bertz CT molecular complexity index is 985. The number of hydrogen-bond acceptors (Lipinski definition) is 4. The van der Waals surface area contributed by atoms with Crippen molar-refractivity contribution >= 4 is 17.8 Å². The van der Waals surface area contributed by atoms with Crippen molar-refractivity contribution in [2.75, 3.05) is 6.61 Å². The summed E-state index contributed by atoms with van der Waals surface area (Å²) in [4.78, 5) is 11.6. The Balaban J connectivity index is 2.09. The zero-order valence-corrected chi connectivity index (χ0v) is 15.3. The molecule has 9 heteroatoms. The van der Waals surface area contributed by atoms with Crippen LogP contribution in [0, 0.1) is 0 Å². The number of rotatable bonds is 4. The molecule has 0 amide bonds. The standard InChI is InChI=1S/C19H14ClF3N2O3/c1-2-27-18(26)28-17-11-16(12-4-3-5-13(10-12)19(21,22)23)25(24-17)15-8-6-14(20)7-9-15/h3-11H,2H2,1H3. The third kappa shape index (κ3) is 4.45. The Labute approximate surface area is 163 Å². The fraction of sp³-hybridized carbons (Fsp3) is 0.158. The van der Waals surface area contributed by atoms with Crippen molar-refractivity contribution in [2.45, 2.75) is 13.1 Å². The molecule has 146 valence electrons. The van der Waals surface area contributed by atoms with Crippen molar-refractivity contribution in [2.24, 2.45) is 0 Å². The Hall–Kier alpha value is -3.00. The smallest absolute Gasteiger partial charge is 0.434 e.